The van der Waals surface area contributed by atoms with E-state index in [9.17, 15) is 18.0 Å². The number of aldehydes is 1. The lowest BCUT2D eigenvalue weighted by atomic mass is 10.2. The van der Waals surface area contributed by atoms with Gasteiger partial charge in [0.2, 0.25) is 0 Å². The third kappa shape index (κ3) is 1.69. The van der Waals surface area contributed by atoms with Gasteiger partial charge in [-0.3, -0.25) is 9.20 Å². The van der Waals surface area contributed by atoms with Crippen molar-refractivity contribution < 1.29 is 18.0 Å². The molecule has 0 unspecified atom stereocenters. The fraction of sp³-hybridized carbons (Fsp3) is 0. The van der Waals surface area contributed by atoms with Crippen molar-refractivity contribution in [2.45, 2.75) is 0 Å². The first-order chi connectivity index (χ1) is 9.63. The van der Waals surface area contributed by atoms with Gasteiger partial charge in [0.15, 0.2) is 23.7 Å². The highest BCUT2D eigenvalue weighted by molar-refractivity contribution is 5.86. The molecule has 3 rings (SSSR count). The highest BCUT2D eigenvalue weighted by atomic mass is 19.2. The van der Waals surface area contributed by atoms with E-state index >= 15 is 0 Å². The number of benzene rings is 1. The number of imidazole rings is 1. The fourth-order valence-electron chi connectivity index (χ4n) is 2.04. The van der Waals surface area contributed by atoms with E-state index in [2.05, 4.69) is 4.98 Å². The lowest BCUT2D eigenvalue weighted by Crippen LogP contribution is -1.97. The average Bonchev–Trinajstić information content (AvgIpc) is 2.84. The van der Waals surface area contributed by atoms with Gasteiger partial charge < -0.3 is 0 Å². The summed E-state index contributed by atoms with van der Waals surface area (Å²) in [6, 6.07) is 6.88. The first-order valence-electron chi connectivity index (χ1n) is 5.69. The van der Waals surface area contributed by atoms with Crippen LogP contribution in [0.2, 0.25) is 0 Å². The summed E-state index contributed by atoms with van der Waals surface area (Å²) in [5, 5.41) is 0. The summed E-state index contributed by atoms with van der Waals surface area (Å²) in [6.07, 6.45) is 2.09. The SMILES string of the molecule is O=Cc1nc(-c2ccc(F)c(F)c2F)n2ccccc12. The third-order valence-corrected chi connectivity index (χ3v) is 2.96. The summed E-state index contributed by atoms with van der Waals surface area (Å²) in [4.78, 5) is 14.9. The van der Waals surface area contributed by atoms with Gasteiger partial charge in [-0.05, 0) is 24.3 Å². The smallest absolute Gasteiger partial charge is 0.195 e. The van der Waals surface area contributed by atoms with E-state index in [0.717, 1.165) is 12.1 Å². The summed E-state index contributed by atoms with van der Waals surface area (Å²) >= 11 is 0. The quantitative estimate of drug-likeness (QED) is 0.532. The molecule has 20 heavy (non-hydrogen) atoms. The van der Waals surface area contributed by atoms with Gasteiger partial charge >= 0.3 is 0 Å². The number of carbonyl (C=O) groups excluding carboxylic acids is 1. The van der Waals surface area contributed by atoms with Crippen LogP contribution in [0.1, 0.15) is 10.5 Å². The van der Waals surface area contributed by atoms with E-state index in [1.165, 1.54) is 4.40 Å². The minimum atomic E-state index is -1.57. The van der Waals surface area contributed by atoms with Gasteiger partial charge in [-0.25, -0.2) is 18.2 Å². The Balaban J connectivity index is 2.36. The summed E-state index contributed by atoms with van der Waals surface area (Å²) in [5.74, 6) is -4.14. The first kappa shape index (κ1) is 12.4. The normalized spacial score (nSPS) is 10.9. The molecule has 0 radical (unpaired) electrons. The monoisotopic (exact) mass is 276 g/mol. The minimum absolute atomic E-state index is 0.0408. The van der Waals surface area contributed by atoms with E-state index in [1.807, 2.05) is 0 Å². The molecule has 3 nitrogen and oxygen atoms in total. The number of hydrogen-bond donors (Lipinski definition) is 0. The molecule has 2 aromatic heterocycles. The van der Waals surface area contributed by atoms with Crippen LogP contribution in [0, 0.1) is 17.5 Å². The molecular weight excluding hydrogens is 269 g/mol. The molecule has 0 N–H and O–H groups in total. The van der Waals surface area contributed by atoms with Gasteiger partial charge in [-0.1, -0.05) is 6.07 Å². The van der Waals surface area contributed by atoms with Crippen molar-refractivity contribution in [3.8, 4) is 11.4 Å². The molecule has 0 fully saturated rings. The van der Waals surface area contributed by atoms with Crippen molar-refractivity contribution in [3.63, 3.8) is 0 Å². The van der Waals surface area contributed by atoms with E-state index in [4.69, 9.17) is 0 Å². The molecule has 0 aliphatic carbocycles. The maximum Gasteiger partial charge on any atom is 0.195 e. The molecular formula is C14H7F3N2O. The highest BCUT2D eigenvalue weighted by Crippen LogP contribution is 2.27. The molecule has 2 heterocycles. The van der Waals surface area contributed by atoms with E-state index in [1.54, 1.807) is 24.4 Å². The van der Waals surface area contributed by atoms with Crippen molar-refractivity contribution >= 4 is 11.8 Å². The Kier molecular flexibility index (Phi) is 2.78. The van der Waals surface area contributed by atoms with Crippen LogP contribution >= 0.6 is 0 Å². The van der Waals surface area contributed by atoms with E-state index in [0.29, 0.717) is 11.8 Å². The second-order valence-corrected chi connectivity index (χ2v) is 4.12. The van der Waals surface area contributed by atoms with Crippen LogP contribution in [0.25, 0.3) is 16.9 Å². The molecule has 100 valence electrons. The molecule has 0 aliphatic rings. The molecule has 1 aromatic carbocycles. The molecule has 0 aliphatic heterocycles. The van der Waals surface area contributed by atoms with Crippen molar-refractivity contribution in [2.24, 2.45) is 0 Å². The van der Waals surface area contributed by atoms with Crippen LogP contribution in [0.5, 0.6) is 0 Å². The number of nitrogens with zero attached hydrogens (tertiary/aromatic N) is 2. The van der Waals surface area contributed by atoms with Gasteiger partial charge in [0.1, 0.15) is 11.5 Å². The Morgan fingerprint density at radius 2 is 1.85 bits per heavy atom. The Morgan fingerprint density at radius 3 is 2.60 bits per heavy atom. The van der Waals surface area contributed by atoms with Gasteiger partial charge in [-0.15, -0.1) is 0 Å². The molecule has 0 bridgehead atoms. The topological polar surface area (TPSA) is 34.4 Å². The van der Waals surface area contributed by atoms with E-state index < -0.39 is 17.5 Å². The van der Waals surface area contributed by atoms with Crippen LogP contribution in [-0.4, -0.2) is 15.7 Å². The number of aromatic nitrogens is 2. The Bertz CT molecular complexity index is 827. The van der Waals surface area contributed by atoms with Gasteiger partial charge in [-0.2, -0.15) is 0 Å². The zero-order valence-corrected chi connectivity index (χ0v) is 9.98. The first-order valence-corrected chi connectivity index (χ1v) is 5.69. The second kappa shape index (κ2) is 4.48. The Hall–Kier alpha value is -2.63. The molecule has 0 saturated carbocycles. The van der Waals surface area contributed by atoms with Crippen LogP contribution in [0.4, 0.5) is 13.2 Å². The Labute approximate surface area is 111 Å². The average molecular weight is 276 g/mol. The minimum Gasteiger partial charge on any atom is -0.299 e. The van der Waals surface area contributed by atoms with Crippen LogP contribution < -0.4 is 0 Å². The second-order valence-electron chi connectivity index (χ2n) is 4.12. The zero-order valence-electron chi connectivity index (χ0n) is 9.98. The van der Waals surface area contributed by atoms with Crippen molar-refractivity contribution in [1.82, 2.24) is 9.38 Å². The summed E-state index contributed by atoms with van der Waals surface area (Å²) in [7, 11) is 0. The van der Waals surface area contributed by atoms with E-state index in [-0.39, 0.29) is 17.1 Å². The number of hydrogen-bond acceptors (Lipinski definition) is 2. The summed E-state index contributed by atoms with van der Waals surface area (Å²) < 4.78 is 41.5. The fourth-order valence-corrected chi connectivity index (χ4v) is 2.04. The third-order valence-electron chi connectivity index (χ3n) is 2.96. The molecule has 6 heteroatoms. The lowest BCUT2D eigenvalue weighted by molar-refractivity contribution is 0.112. The highest BCUT2D eigenvalue weighted by Gasteiger charge is 2.19. The molecule has 0 atom stereocenters. The van der Waals surface area contributed by atoms with Crippen molar-refractivity contribution in [2.75, 3.05) is 0 Å². The predicted octanol–water partition coefficient (Wildman–Crippen LogP) is 3.23. The summed E-state index contributed by atoms with van der Waals surface area (Å²) in [6.45, 7) is 0. The van der Waals surface area contributed by atoms with Crippen LogP contribution in [0.3, 0.4) is 0 Å². The van der Waals surface area contributed by atoms with Crippen molar-refractivity contribution in [3.05, 3.63) is 59.7 Å². The number of carbonyl (C=O) groups is 1. The number of pyridine rings is 1. The standard InChI is InChI=1S/C14H7F3N2O/c15-9-5-4-8(12(16)13(9)17)14-18-10(7-20)11-3-1-2-6-19(11)14/h1-7H. The number of fused-ring (bicyclic) bond motifs is 1. The summed E-state index contributed by atoms with van der Waals surface area (Å²) in [5.41, 5.74) is 0.351. The maximum atomic E-state index is 13.8. The zero-order chi connectivity index (χ0) is 14.3. The molecule has 3 aromatic rings. The maximum absolute atomic E-state index is 13.8. The van der Waals surface area contributed by atoms with Gasteiger partial charge in [0, 0.05) is 6.20 Å². The molecule has 0 saturated heterocycles. The number of rotatable bonds is 2. The molecule has 0 spiro atoms. The number of halogens is 3. The Morgan fingerprint density at radius 1 is 1.05 bits per heavy atom. The van der Waals surface area contributed by atoms with Crippen molar-refractivity contribution in [1.29, 1.82) is 0 Å². The van der Waals surface area contributed by atoms with Crippen LogP contribution in [-0.2, 0) is 0 Å². The van der Waals surface area contributed by atoms with Crippen LogP contribution in [0.15, 0.2) is 36.5 Å². The largest absolute Gasteiger partial charge is 0.299 e. The molecule has 0 amide bonds. The lowest BCUT2D eigenvalue weighted by Gasteiger charge is -2.04. The van der Waals surface area contributed by atoms with Gasteiger partial charge in [0.05, 0.1) is 11.1 Å². The van der Waals surface area contributed by atoms with Gasteiger partial charge in [0.25, 0.3) is 0 Å². The predicted molar refractivity (Wildman–Crippen MR) is 65.9 cm³/mol.